The summed E-state index contributed by atoms with van der Waals surface area (Å²) in [5, 5.41) is 0.183. The van der Waals surface area contributed by atoms with E-state index in [0.717, 1.165) is 6.42 Å². The monoisotopic (exact) mass is 367 g/mol. The summed E-state index contributed by atoms with van der Waals surface area (Å²) >= 11 is 6.04. The fraction of sp³-hybridized carbons (Fsp3) is 0.533. The maximum Gasteiger partial charge on any atom is 0.302 e. The summed E-state index contributed by atoms with van der Waals surface area (Å²) in [5.74, 6) is -0.556. The summed E-state index contributed by atoms with van der Waals surface area (Å²) in [6.07, 6.45) is 2.35. The molecular weight excluding hydrogens is 350 g/mol. The third kappa shape index (κ3) is 3.65. The molecule has 0 aliphatic heterocycles. The highest BCUT2D eigenvalue weighted by Crippen LogP contribution is 2.54. The van der Waals surface area contributed by atoms with Gasteiger partial charge in [0.15, 0.2) is 10.8 Å². The molecule has 9 nitrogen and oxygen atoms in total. The van der Waals surface area contributed by atoms with Crippen molar-refractivity contribution < 1.29 is 19.1 Å². The Kier molecular flexibility index (Phi) is 4.51. The predicted octanol–water partition coefficient (Wildman–Crippen LogP) is 1.19. The van der Waals surface area contributed by atoms with E-state index in [1.807, 2.05) is 0 Å². The Hall–Kier alpha value is -2.42. The number of carbonyl (C=O) groups is 2. The van der Waals surface area contributed by atoms with Crippen LogP contribution in [0.1, 0.15) is 20.3 Å². The molecule has 2 N–H and O–H groups in total. The number of nitrogen functional groups attached to an aromatic ring is 1. The van der Waals surface area contributed by atoms with E-state index in [9.17, 15) is 9.59 Å². The highest BCUT2D eigenvalue weighted by atomic mass is 35.5. The molecule has 2 atom stereocenters. The first-order valence-corrected chi connectivity index (χ1v) is 8.09. The molecule has 134 valence electrons. The van der Waals surface area contributed by atoms with Crippen molar-refractivity contribution >= 4 is 40.7 Å². The number of nitrogens with two attached hydrogens (primary N) is 1. The molecule has 0 radical (unpaired) electrons. The molecule has 10 heteroatoms. The number of aromatic nitrogens is 4. The van der Waals surface area contributed by atoms with E-state index in [1.165, 1.54) is 13.8 Å². The minimum absolute atomic E-state index is 0.0561. The quantitative estimate of drug-likeness (QED) is 0.596. The zero-order valence-corrected chi connectivity index (χ0v) is 14.6. The molecular formula is C15H18ClN5O4. The number of halogens is 1. The van der Waals surface area contributed by atoms with Crippen LogP contribution in [-0.2, 0) is 25.6 Å². The van der Waals surface area contributed by atoms with E-state index in [0.29, 0.717) is 17.7 Å². The van der Waals surface area contributed by atoms with Gasteiger partial charge < -0.3 is 19.8 Å². The van der Waals surface area contributed by atoms with Crippen LogP contribution in [0, 0.1) is 11.3 Å². The average Bonchev–Trinajstić information content (AvgIpc) is 3.06. The van der Waals surface area contributed by atoms with Gasteiger partial charge in [0.2, 0.25) is 5.95 Å². The highest BCUT2D eigenvalue weighted by molar-refractivity contribution is 6.33. The van der Waals surface area contributed by atoms with Gasteiger partial charge in [-0.25, -0.2) is 4.98 Å². The fourth-order valence-electron chi connectivity index (χ4n) is 2.93. The Morgan fingerprint density at radius 3 is 2.76 bits per heavy atom. The zero-order valence-electron chi connectivity index (χ0n) is 13.9. The van der Waals surface area contributed by atoms with E-state index >= 15 is 0 Å². The number of nitrogens with zero attached hydrogens (tertiary/aromatic N) is 4. The highest BCUT2D eigenvalue weighted by Gasteiger charge is 2.56. The number of hydrogen-bond donors (Lipinski definition) is 1. The first-order valence-electron chi connectivity index (χ1n) is 7.71. The van der Waals surface area contributed by atoms with Crippen LogP contribution in [0.3, 0.4) is 0 Å². The third-order valence-corrected chi connectivity index (χ3v) is 4.60. The summed E-state index contributed by atoms with van der Waals surface area (Å²) in [6, 6.07) is 0. The Morgan fingerprint density at radius 2 is 2.08 bits per heavy atom. The van der Waals surface area contributed by atoms with Gasteiger partial charge in [0.05, 0.1) is 19.5 Å². The number of anilines is 1. The molecule has 2 heterocycles. The lowest BCUT2D eigenvalue weighted by Gasteiger charge is -2.18. The summed E-state index contributed by atoms with van der Waals surface area (Å²) in [7, 11) is 0. The van der Waals surface area contributed by atoms with Crippen LogP contribution in [0.2, 0.25) is 5.15 Å². The van der Waals surface area contributed by atoms with Gasteiger partial charge in [-0.2, -0.15) is 9.97 Å². The topological polar surface area (TPSA) is 122 Å². The molecule has 25 heavy (non-hydrogen) atoms. The molecule has 1 saturated carbocycles. The van der Waals surface area contributed by atoms with Gasteiger partial charge in [0.1, 0.15) is 5.52 Å². The van der Waals surface area contributed by atoms with Gasteiger partial charge in [-0.15, -0.1) is 0 Å². The summed E-state index contributed by atoms with van der Waals surface area (Å²) in [4.78, 5) is 34.6. The Balaban J connectivity index is 1.84. The molecule has 0 spiro atoms. The first kappa shape index (κ1) is 17.4. The summed E-state index contributed by atoms with van der Waals surface area (Å²) < 4.78 is 12.1. The second kappa shape index (κ2) is 6.47. The van der Waals surface area contributed by atoms with Crippen molar-refractivity contribution in [1.29, 1.82) is 0 Å². The van der Waals surface area contributed by atoms with E-state index < -0.39 is 0 Å². The van der Waals surface area contributed by atoms with E-state index in [2.05, 4.69) is 15.0 Å². The molecule has 0 bridgehead atoms. The first-order chi connectivity index (χ1) is 11.8. The van der Waals surface area contributed by atoms with E-state index in [-0.39, 0.29) is 47.6 Å². The molecule has 2 aromatic rings. The van der Waals surface area contributed by atoms with Crippen molar-refractivity contribution in [2.45, 2.75) is 26.8 Å². The fourth-order valence-corrected chi connectivity index (χ4v) is 3.15. The van der Waals surface area contributed by atoms with Crippen molar-refractivity contribution in [3.8, 4) is 0 Å². The number of imidazole rings is 1. The standard InChI is InChI=1S/C15H18ClN5O4/c1-8(22)24-4-10-3-15(10,6-25-9(2)23)5-21-7-18-11-12(16)19-14(17)20-13(11)21/h7,10H,3-6H2,1-2H3,(H2,17,19,20). The Labute approximate surface area is 148 Å². The normalized spacial score (nSPS) is 22.0. The largest absolute Gasteiger partial charge is 0.466 e. The predicted molar refractivity (Wildman–Crippen MR) is 88.6 cm³/mol. The van der Waals surface area contributed by atoms with E-state index in [4.69, 9.17) is 26.8 Å². The Morgan fingerprint density at radius 1 is 1.36 bits per heavy atom. The molecule has 1 aliphatic carbocycles. The minimum Gasteiger partial charge on any atom is -0.466 e. The lowest BCUT2D eigenvalue weighted by Crippen LogP contribution is -2.23. The average molecular weight is 368 g/mol. The molecule has 0 aromatic carbocycles. The van der Waals surface area contributed by atoms with Gasteiger partial charge in [0, 0.05) is 31.7 Å². The molecule has 0 amide bonds. The van der Waals surface area contributed by atoms with Crippen LogP contribution in [0.4, 0.5) is 5.95 Å². The molecule has 2 aromatic heterocycles. The lowest BCUT2D eigenvalue weighted by molar-refractivity contribution is -0.145. The number of hydrogen-bond acceptors (Lipinski definition) is 8. The number of fused-ring (bicyclic) bond motifs is 1. The molecule has 1 fully saturated rings. The van der Waals surface area contributed by atoms with Crippen molar-refractivity contribution in [1.82, 2.24) is 19.5 Å². The van der Waals surface area contributed by atoms with Crippen LogP contribution < -0.4 is 5.73 Å². The van der Waals surface area contributed by atoms with Crippen molar-refractivity contribution in [2.75, 3.05) is 18.9 Å². The lowest BCUT2D eigenvalue weighted by atomic mass is 10.1. The summed E-state index contributed by atoms with van der Waals surface area (Å²) in [5.41, 5.74) is 6.28. The number of rotatable bonds is 6. The molecule has 1 aliphatic rings. The van der Waals surface area contributed by atoms with Crippen LogP contribution in [0.25, 0.3) is 11.2 Å². The number of ether oxygens (including phenoxy) is 2. The summed E-state index contributed by atoms with van der Waals surface area (Å²) in [6.45, 7) is 3.71. The Bertz CT molecular complexity index is 839. The maximum absolute atomic E-state index is 11.2. The van der Waals surface area contributed by atoms with Gasteiger partial charge in [-0.05, 0) is 6.42 Å². The second-order valence-electron chi connectivity index (χ2n) is 6.26. The smallest absolute Gasteiger partial charge is 0.302 e. The maximum atomic E-state index is 11.2. The second-order valence-corrected chi connectivity index (χ2v) is 6.62. The van der Waals surface area contributed by atoms with Gasteiger partial charge >= 0.3 is 11.9 Å². The molecule has 0 saturated heterocycles. The van der Waals surface area contributed by atoms with Gasteiger partial charge in [-0.3, -0.25) is 9.59 Å². The van der Waals surface area contributed by atoms with Crippen LogP contribution in [-0.4, -0.2) is 44.7 Å². The van der Waals surface area contributed by atoms with Crippen molar-refractivity contribution in [3.05, 3.63) is 11.5 Å². The van der Waals surface area contributed by atoms with E-state index in [1.54, 1.807) is 10.9 Å². The van der Waals surface area contributed by atoms with Gasteiger partial charge in [-0.1, -0.05) is 11.6 Å². The van der Waals surface area contributed by atoms with Crippen LogP contribution >= 0.6 is 11.6 Å². The third-order valence-electron chi connectivity index (χ3n) is 4.33. The number of esters is 2. The minimum atomic E-state index is -0.359. The van der Waals surface area contributed by atoms with Crippen molar-refractivity contribution in [3.63, 3.8) is 0 Å². The zero-order chi connectivity index (χ0) is 18.2. The van der Waals surface area contributed by atoms with Crippen LogP contribution in [0.5, 0.6) is 0 Å². The van der Waals surface area contributed by atoms with Gasteiger partial charge in [0.25, 0.3) is 0 Å². The van der Waals surface area contributed by atoms with Crippen LogP contribution in [0.15, 0.2) is 6.33 Å². The van der Waals surface area contributed by atoms with Crippen molar-refractivity contribution in [2.24, 2.45) is 11.3 Å². The SMILES string of the molecule is CC(=O)OCC1CC1(COC(C)=O)Cn1cnc2c(Cl)nc(N)nc21. The molecule has 3 rings (SSSR count). The molecule has 2 unspecified atom stereocenters. The number of carbonyl (C=O) groups excluding carboxylic acids is 2.